The molecule has 1 saturated heterocycles. The second-order valence-corrected chi connectivity index (χ2v) is 7.04. The second-order valence-electron chi connectivity index (χ2n) is 7.04. The van der Waals surface area contributed by atoms with Crippen molar-refractivity contribution in [2.75, 3.05) is 13.1 Å². The van der Waals surface area contributed by atoms with Gasteiger partial charge in [0.1, 0.15) is 11.4 Å². The van der Waals surface area contributed by atoms with E-state index >= 15 is 0 Å². The lowest BCUT2D eigenvalue weighted by molar-refractivity contribution is -0.133. The Labute approximate surface area is 148 Å². The number of rotatable bonds is 4. The van der Waals surface area contributed by atoms with E-state index in [9.17, 15) is 4.79 Å². The van der Waals surface area contributed by atoms with Crippen LogP contribution in [-0.4, -0.2) is 33.9 Å². The van der Waals surface area contributed by atoms with Crippen molar-refractivity contribution in [3.8, 4) is 11.6 Å². The minimum atomic E-state index is 0.289. The van der Waals surface area contributed by atoms with E-state index in [0.717, 1.165) is 50.2 Å². The zero-order valence-corrected chi connectivity index (χ0v) is 14.5. The number of nitrogens with zero attached hydrogens (tertiary/aromatic N) is 3. The predicted octanol–water partition coefficient (Wildman–Crippen LogP) is 3.69. The minimum Gasteiger partial charge on any atom is -0.437 e. The van der Waals surface area contributed by atoms with Gasteiger partial charge in [-0.3, -0.25) is 9.78 Å². The van der Waals surface area contributed by atoms with Crippen LogP contribution in [0.3, 0.4) is 0 Å². The first kappa shape index (κ1) is 16.1. The molecule has 1 aliphatic carbocycles. The molecule has 2 aromatic rings. The monoisotopic (exact) mass is 337 g/mol. The third-order valence-electron chi connectivity index (χ3n) is 5.05. The summed E-state index contributed by atoms with van der Waals surface area (Å²) in [5.41, 5.74) is 2.10. The molecule has 0 N–H and O–H groups in total. The molecular weight excluding hydrogens is 314 g/mol. The molecular formula is C20H23N3O2. The Morgan fingerprint density at radius 1 is 1.04 bits per heavy atom. The maximum Gasteiger partial charge on any atom is 0.241 e. The highest BCUT2D eigenvalue weighted by Crippen LogP contribution is 2.36. The van der Waals surface area contributed by atoms with Crippen LogP contribution in [0.4, 0.5) is 0 Å². The second kappa shape index (κ2) is 6.82. The number of aromatic nitrogens is 2. The van der Waals surface area contributed by atoms with E-state index in [0.29, 0.717) is 17.7 Å². The van der Waals surface area contributed by atoms with Gasteiger partial charge in [0.15, 0.2) is 0 Å². The van der Waals surface area contributed by atoms with E-state index in [2.05, 4.69) is 9.97 Å². The van der Waals surface area contributed by atoms with Gasteiger partial charge in [0.2, 0.25) is 11.8 Å². The lowest BCUT2D eigenvalue weighted by atomic mass is 9.93. The van der Waals surface area contributed by atoms with Gasteiger partial charge in [-0.1, -0.05) is 17.7 Å². The first-order valence-corrected chi connectivity index (χ1v) is 9.05. The van der Waals surface area contributed by atoms with E-state index in [4.69, 9.17) is 4.74 Å². The highest BCUT2D eigenvalue weighted by atomic mass is 16.5. The molecule has 25 heavy (non-hydrogen) atoms. The summed E-state index contributed by atoms with van der Waals surface area (Å²) in [5, 5.41) is 0. The van der Waals surface area contributed by atoms with Gasteiger partial charge in [-0.25, -0.2) is 4.98 Å². The quantitative estimate of drug-likeness (QED) is 0.854. The van der Waals surface area contributed by atoms with Crippen LogP contribution >= 0.6 is 0 Å². The zero-order valence-electron chi connectivity index (χ0n) is 14.5. The van der Waals surface area contributed by atoms with Crippen LogP contribution in [0.1, 0.15) is 42.9 Å². The topological polar surface area (TPSA) is 55.3 Å². The molecule has 130 valence electrons. The molecule has 5 heteroatoms. The number of carbonyl (C=O) groups is 1. The van der Waals surface area contributed by atoms with E-state index in [-0.39, 0.29) is 5.92 Å². The number of carbonyl (C=O) groups excluding carboxylic acids is 1. The van der Waals surface area contributed by atoms with Crippen molar-refractivity contribution in [1.82, 2.24) is 14.9 Å². The van der Waals surface area contributed by atoms with Crippen LogP contribution in [0.5, 0.6) is 11.6 Å². The highest BCUT2D eigenvalue weighted by Gasteiger charge is 2.35. The predicted molar refractivity (Wildman–Crippen MR) is 94.6 cm³/mol. The summed E-state index contributed by atoms with van der Waals surface area (Å²) >= 11 is 0. The summed E-state index contributed by atoms with van der Waals surface area (Å²) in [6.07, 6.45) is 7.36. The third-order valence-corrected chi connectivity index (χ3v) is 5.05. The summed E-state index contributed by atoms with van der Waals surface area (Å²) in [6.45, 7) is 3.66. The Hall–Kier alpha value is -2.43. The van der Waals surface area contributed by atoms with Gasteiger partial charge in [-0.2, -0.15) is 0 Å². The number of hydrogen-bond donors (Lipinski definition) is 0. The summed E-state index contributed by atoms with van der Waals surface area (Å²) < 4.78 is 5.99. The maximum absolute atomic E-state index is 12.2. The van der Waals surface area contributed by atoms with Crippen molar-refractivity contribution in [1.29, 1.82) is 0 Å². The Morgan fingerprint density at radius 2 is 1.72 bits per heavy atom. The summed E-state index contributed by atoms with van der Waals surface area (Å²) in [4.78, 5) is 23.2. The molecule has 0 atom stereocenters. The molecule has 0 unspecified atom stereocenters. The molecule has 0 radical (unpaired) electrons. The fourth-order valence-electron chi connectivity index (χ4n) is 3.37. The van der Waals surface area contributed by atoms with Crippen LogP contribution in [0.2, 0.25) is 0 Å². The Bertz CT molecular complexity index is 748. The molecule has 2 aliphatic rings. The van der Waals surface area contributed by atoms with Crippen LogP contribution in [0.25, 0.3) is 0 Å². The highest BCUT2D eigenvalue weighted by molar-refractivity contribution is 5.81. The van der Waals surface area contributed by atoms with Gasteiger partial charge in [-0.05, 0) is 44.7 Å². The number of aryl methyl sites for hydroxylation is 1. The lowest BCUT2D eigenvalue weighted by Crippen LogP contribution is -2.39. The standard InChI is InChI=1S/C20H23N3O2/c1-14-2-6-17(7-3-14)25-19-18(21-10-11-22-19)15-8-12-23(13-9-15)20(24)16-4-5-16/h2-3,6-7,10-11,15-16H,4-5,8-9,12-13H2,1H3. The molecule has 1 aliphatic heterocycles. The Balaban J connectivity index is 1.45. The fourth-order valence-corrected chi connectivity index (χ4v) is 3.37. The largest absolute Gasteiger partial charge is 0.437 e. The number of hydrogen-bond acceptors (Lipinski definition) is 4. The average Bonchev–Trinajstić information content (AvgIpc) is 3.49. The minimum absolute atomic E-state index is 0.289. The van der Waals surface area contributed by atoms with Crippen LogP contribution < -0.4 is 4.74 Å². The first-order valence-electron chi connectivity index (χ1n) is 9.05. The van der Waals surface area contributed by atoms with Gasteiger partial charge in [0.05, 0.1) is 0 Å². The lowest BCUT2D eigenvalue weighted by Gasteiger charge is -2.32. The van der Waals surface area contributed by atoms with Crippen LogP contribution in [0.15, 0.2) is 36.7 Å². The summed E-state index contributed by atoms with van der Waals surface area (Å²) in [7, 11) is 0. The number of amides is 1. The van der Waals surface area contributed by atoms with E-state index in [1.165, 1.54) is 5.56 Å². The molecule has 5 nitrogen and oxygen atoms in total. The number of benzene rings is 1. The van der Waals surface area contributed by atoms with Gasteiger partial charge in [-0.15, -0.1) is 0 Å². The SMILES string of the molecule is Cc1ccc(Oc2nccnc2C2CCN(C(=O)C3CC3)CC2)cc1. The summed E-state index contributed by atoms with van der Waals surface area (Å²) in [6, 6.07) is 7.94. The fraction of sp³-hybridized carbons (Fsp3) is 0.450. The smallest absolute Gasteiger partial charge is 0.241 e. The van der Waals surface area contributed by atoms with Gasteiger partial charge < -0.3 is 9.64 Å². The molecule has 1 aromatic heterocycles. The van der Waals surface area contributed by atoms with Crippen molar-refractivity contribution in [3.63, 3.8) is 0 Å². The molecule has 0 spiro atoms. The number of ether oxygens (including phenoxy) is 1. The average molecular weight is 337 g/mol. The van der Waals surface area contributed by atoms with Crippen molar-refractivity contribution in [2.45, 2.75) is 38.5 Å². The van der Waals surface area contributed by atoms with Crippen LogP contribution in [-0.2, 0) is 4.79 Å². The van der Waals surface area contributed by atoms with E-state index in [1.807, 2.05) is 36.1 Å². The van der Waals surface area contributed by atoms with Crippen molar-refractivity contribution in [2.24, 2.45) is 5.92 Å². The van der Waals surface area contributed by atoms with E-state index < -0.39 is 0 Å². The zero-order chi connectivity index (χ0) is 17.2. The molecule has 1 amide bonds. The maximum atomic E-state index is 12.2. The van der Waals surface area contributed by atoms with Crippen molar-refractivity contribution in [3.05, 3.63) is 47.9 Å². The van der Waals surface area contributed by atoms with Gasteiger partial charge >= 0.3 is 0 Å². The van der Waals surface area contributed by atoms with E-state index in [1.54, 1.807) is 12.4 Å². The van der Waals surface area contributed by atoms with Crippen LogP contribution in [0, 0.1) is 12.8 Å². The molecule has 1 aromatic carbocycles. The number of piperidine rings is 1. The normalized spacial score (nSPS) is 18.2. The first-order chi connectivity index (χ1) is 12.2. The molecule has 2 heterocycles. The number of likely N-dealkylation sites (tertiary alicyclic amines) is 1. The molecule has 4 rings (SSSR count). The van der Waals surface area contributed by atoms with Gasteiger partial charge in [0, 0.05) is 37.3 Å². The molecule has 2 fully saturated rings. The molecule has 1 saturated carbocycles. The van der Waals surface area contributed by atoms with Crippen molar-refractivity contribution < 1.29 is 9.53 Å². The van der Waals surface area contributed by atoms with Gasteiger partial charge in [0.25, 0.3) is 0 Å². The van der Waals surface area contributed by atoms with Crippen molar-refractivity contribution >= 4 is 5.91 Å². The Kier molecular flexibility index (Phi) is 4.38. The summed E-state index contributed by atoms with van der Waals surface area (Å²) in [5.74, 6) is 2.28. The molecule has 0 bridgehead atoms. The third kappa shape index (κ3) is 3.65. The Morgan fingerprint density at radius 3 is 2.40 bits per heavy atom.